The topological polar surface area (TPSA) is 138 Å². The van der Waals surface area contributed by atoms with Gasteiger partial charge in [-0.05, 0) is 42.5 Å². The number of para-hydroxylation sites is 1. The molecule has 2 aromatic carbocycles. The molecule has 188 valence electrons. The van der Waals surface area contributed by atoms with Crippen LogP contribution >= 0.6 is 0 Å². The normalized spacial score (nSPS) is 14.7. The van der Waals surface area contributed by atoms with Gasteiger partial charge in [0.2, 0.25) is 5.91 Å². The second kappa shape index (κ2) is 9.93. The van der Waals surface area contributed by atoms with Crippen LogP contribution in [0.3, 0.4) is 0 Å². The highest BCUT2D eigenvalue weighted by atomic mass is 19.4. The van der Waals surface area contributed by atoms with Crippen LogP contribution in [-0.4, -0.2) is 33.5 Å². The molecule has 0 spiro atoms. The first-order valence-corrected chi connectivity index (χ1v) is 10.8. The van der Waals surface area contributed by atoms with E-state index in [4.69, 9.17) is 11.1 Å². The van der Waals surface area contributed by atoms with Gasteiger partial charge in [0.25, 0.3) is 5.91 Å². The van der Waals surface area contributed by atoms with E-state index in [2.05, 4.69) is 20.7 Å². The molecule has 0 atom stereocenters. The van der Waals surface area contributed by atoms with Crippen molar-refractivity contribution in [2.45, 2.75) is 6.18 Å². The summed E-state index contributed by atoms with van der Waals surface area (Å²) in [7, 11) is 1.57. The van der Waals surface area contributed by atoms with Crippen molar-refractivity contribution < 1.29 is 22.8 Å². The maximum absolute atomic E-state index is 13.7. The van der Waals surface area contributed by atoms with Gasteiger partial charge in [0, 0.05) is 36.3 Å². The maximum Gasteiger partial charge on any atom is 0.417 e. The van der Waals surface area contributed by atoms with E-state index in [0.29, 0.717) is 5.69 Å². The van der Waals surface area contributed by atoms with Crippen molar-refractivity contribution in [3.05, 3.63) is 95.1 Å². The van der Waals surface area contributed by atoms with E-state index in [0.717, 1.165) is 24.4 Å². The first-order chi connectivity index (χ1) is 17.5. The summed E-state index contributed by atoms with van der Waals surface area (Å²) in [6.45, 7) is 0. The Labute approximate surface area is 208 Å². The van der Waals surface area contributed by atoms with Gasteiger partial charge in [-0.15, -0.1) is 0 Å². The number of hydrogen-bond donors (Lipinski definition) is 4. The average Bonchev–Trinajstić information content (AvgIpc) is 3.29. The summed E-state index contributed by atoms with van der Waals surface area (Å²) in [4.78, 5) is 28.8. The third-order valence-electron chi connectivity index (χ3n) is 5.27. The lowest BCUT2D eigenvalue weighted by atomic mass is 10.0. The molecule has 0 aliphatic carbocycles. The van der Waals surface area contributed by atoms with Crippen LogP contribution in [0.4, 0.5) is 18.9 Å². The van der Waals surface area contributed by atoms with E-state index in [1.54, 1.807) is 37.4 Å². The predicted molar refractivity (Wildman–Crippen MR) is 132 cm³/mol. The fourth-order valence-electron chi connectivity index (χ4n) is 3.50. The zero-order valence-corrected chi connectivity index (χ0v) is 19.3. The number of nitrogens with one attached hydrogen (secondary N) is 3. The number of aryl methyl sites for hydroxylation is 1. The molecule has 0 unspecified atom stereocenters. The first-order valence-electron chi connectivity index (χ1n) is 10.8. The number of amides is 2. The Morgan fingerprint density at radius 1 is 1.08 bits per heavy atom. The van der Waals surface area contributed by atoms with Gasteiger partial charge in [-0.25, -0.2) is 4.99 Å². The van der Waals surface area contributed by atoms with Gasteiger partial charge < -0.3 is 16.4 Å². The number of carbonyl (C=O) groups is 2. The smallest absolute Gasteiger partial charge is 0.366 e. The highest BCUT2D eigenvalue weighted by Gasteiger charge is 2.34. The van der Waals surface area contributed by atoms with Crippen LogP contribution in [0.15, 0.2) is 89.0 Å². The largest absolute Gasteiger partial charge is 0.417 e. The summed E-state index contributed by atoms with van der Waals surface area (Å²) in [5.74, 6) is -1.55. The molecule has 4 rings (SSSR count). The van der Waals surface area contributed by atoms with Crippen molar-refractivity contribution in [2.75, 3.05) is 5.32 Å². The lowest BCUT2D eigenvalue weighted by Gasteiger charge is -2.18. The molecule has 37 heavy (non-hydrogen) atoms. The van der Waals surface area contributed by atoms with E-state index in [1.807, 2.05) is 0 Å². The Morgan fingerprint density at radius 2 is 1.81 bits per heavy atom. The Hall–Kier alpha value is -5.00. The molecule has 3 aromatic rings. The molecule has 9 nitrogen and oxygen atoms in total. The summed E-state index contributed by atoms with van der Waals surface area (Å²) >= 11 is 0. The monoisotopic (exact) mass is 507 g/mol. The second-order valence-corrected chi connectivity index (χ2v) is 7.94. The minimum atomic E-state index is -4.67. The van der Waals surface area contributed by atoms with E-state index in [-0.39, 0.29) is 39.6 Å². The average molecular weight is 507 g/mol. The van der Waals surface area contributed by atoms with Crippen LogP contribution in [0.2, 0.25) is 0 Å². The number of carbonyl (C=O) groups excluding carboxylic acids is 2. The number of nitrogens with zero attached hydrogens (tertiary/aromatic N) is 3. The molecule has 5 N–H and O–H groups in total. The second-order valence-electron chi connectivity index (χ2n) is 7.94. The van der Waals surface area contributed by atoms with Crippen LogP contribution in [0, 0.1) is 5.41 Å². The van der Waals surface area contributed by atoms with Crippen molar-refractivity contribution in [1.82, 2.24) is 15.1 Å². The lowest BCUT2D eigenvalue weighted by molar-refractivity contribution is -0.137. The fraction of sp³-hybridized carbons (Fsp3) is 0.0800. The molecule has 1 aromatic heterocycles. The molecule has 2 heterocycles. The summed E-state index contributed by atoms with van der Waals surface area (Å²) < 4.78 is 42.4. The fourth-order valence-corrected chi connectivity index (χ4v) is 3.50. The van der Waals surface area contributed by atoms with E-state index in [1.165, 1.54) is 23.0 Å². The number of primary amides is 1. The molecule has 0 fully saturated rings. The number of benzene rings is 2. The van der Waals surface area contributed by atoms with Crippen molar-refractivity contribution in [2.24, 2.45) is 17.8 Å². The van der Waals surface area contributed by atoms with Gasteiger partial charge in [-0.3, -0.25) is 19.7 Å². The highest BCUT2D eigenvalue weighted by molar-refractivity contribution is 6.23. The number of anilines is 1. The molecular weight excluding hydrogens is 487 g/mol. The zero-order chi connectivity index (χ0) is 26.7. The van der Waals surface area contributed by atoms with Gasteiger partial charge in [0.15, 0.2) is 0 Å². The van der Waals surface area contributed by atoms with Crippen molar-refractivity contribution in [3.63, 3.8) is 0 Å². The van der Waals surface area contributed by atoms with Crippen LogP contribution < -0.4 is 16.4 Å². The molecule has 12 heteroatoms. The quantitative estimate of drug-likeness (QED) is 0.405. The molecule has 1 aliphatic heterocycles. The number of rotatable bonds is 6. The third kappa shape index (κ3) is 5.64. The molecule has 0 saturated heterocycles. The maximum atomic E-state index is 13.7. The molecular formula is C25H20F3N7O2. The number of nitrogens with two attached hydrogens (primary N) is 1. The standard InChI is InChI=1S/C25H20F3N7O2/c1-35-10-9-20(34-35)17-11-14(7-8-18(17)25(26,27)28)24(37)33-23(32-16-5-3-2-4-6-16)21-19(29)12-15(13-31-21)22(30)36/h2-13,29,32H,1H3,(H2,30,36)(H,33,37)/b23-21-,29-19?. The molecule has 0 radical (unpaired) electrons. The Balaban J connectivity index is 1.73. The SMILES string of the molecule is Cn1ccc(-c2cc(C(=O)N/C(Nc3ccccc3)=C3\N=CC(C(N)=O)=CC3=N)ccc2C(F)(F)F)n1. The van der Waals surface area contributed by atoms with E-state index in [9.17, 15) is 22.8 Å². The molecule has 0 bridgehead atoms. The zero-order valence-electron chi connectivity index (χ0n) is 19.3. The summed E-state index contributed by atoms with van der Waals surface area (Å²) in [5, 5.41) is 17.9. The van der Waals surface area contributed by atoms with E-state index >= 15 is 0 Å². The van der Waals surface area contributed by atoms with Gasteiger partial charge in [0.05, 0.1) is 22.5 Å². The Bertz CT molecular complexity index is 1490. The molecule has 1 aliphatic rings. The summed E-state index contributed by atoms with van der Waals surface area (Å²) in [6, 6.07) is 13.0. The number of dihydropyridines is 1. The van der Waals surface area contributed by atoms with Crippen LogP contribution in [0.1, 0.15) is 15.9 Å². The summed E-state index contributed by atoms with van der Waals surface area (Å²) in [5.41, 5.74) is 4.34. The van der Waals surface area contributed by atoms with Gasteiger partial charge in [-0.2, -0.15) is 18.3 Å². The lowest BCUT2D eigenvalue weighted by Crippen LogP contribution is -2.30. The minimum absolute atomic E-state index is 0.00174. The molecule has 2 amide bonds. The van der Waals surface area contributed by atoms with Crippen LogP contribution in [0.25, 0.3) is 11.3 Å². The summed E-state index contributed by atoms with van der Waals surface area (Å²) in [6.07, 6.45) is -0.818. The highest BCUT2D eigenvalue weighted by Crippen LogP contribution is 2.37. The van der Waals surface area contributed by atoms with Gasteiger partial charge >= 0.3 is 6.18 Å². The van der Waals surface area contributed by atoms with Crippen molar-refractivity contribution in [1.29, 1.82) is 5.41 Å². The number of allylic oxidation sites excluding steroid dienone is 1. The first kappa shape index (κ1) is 25.1. The number of aromatic nitrogens is 2. The van der Waals surface area contributed by atoms with Crippen LogP contribution in [-0.2, 0) is 18.0 Å². The molecule has 0 saturated carbocycles. The number of aliphatic imine (C=N–C) groups is 1. The minimum Gasteiger partial charge on any atom is -0.366 e. The predicted octanol–water partition coefficient (Wildman–Crippen LogP) is 3.63. The number of halogens is 3. The number of alkyl halides is 3. The van der Waals surface area contributed by atoms with Crippen molar-refractivity contribution in [3.8, 4) is 11.3 Å². The Kier molecular flexibility index (Phi) is 6.74. The van der Waals surface area contributed by atoms with Crippen LogP contribution in [0.5, 0.6) is 0 Å². The van der Waals surface area contributed by atoms with Crippen molar-refractivity contribution >= 4 is 29.4 Å². The van der Waals surface area contributed by atoms with Gasteiger partial charge in [0.1, 0.15) is 11.5 Å². The third-order valence-corrected chi connectivity index (χ3v) is 5.27. The van der Waals surface area contributed by atoms with Gasteiger partial charge in [-0.1, -0.05) is 18.2 Å². The number of hydrogen-bond acceptors (Lipinski definition) is 6. The Morgan fingerprint density at radius 3 is 2.41 bits per heavy atom. The van der Waals surface area contributed by atoms with E-state index < -0.39 is 23.6 Å².